The molecule has 0 unspecified atom stereocenters. The van der Waals surface area contributed by atoms with E-state index in [1.54, 1.807) is 0 Å². The Hall–Kier alpha value is -0.990. The van der Waals surface area contributed by atoms with Crippen LogP contribution in [0.15, 0.2) is 6.07 Å². The van der Waals surface area contributed by atoms with Crippen LogP contribution in [0.25, 0.3) is 0 Å². The Bertz CT molecular complexity index is 297. The SMILES string of the molecule is CCc1cc(NC2CCCC2)n(C)n1. The van der Waals surface area contributed by atoms with Gasteiger partial charge in [-0.2, -0.15) is 5.10 Å². The van der Waals surface area contributed by atoms with E-state index >= 15 is 0 Å². The summed E-state index contributed by atoms with van der Waals surface area (Å²) in [6.07, 6.45) is 6.38. The normalized spacial score (nSPS) is 17.6. The molecule has 0 bridgehead atoms. The molecule has 1 aliphatic carbocycles. The van der Waals surface area contributed by atoms with Crippen LogP contribution in [0.1, 0.15) is 38.3 Å². The van der Waals surface area contributed by atoms with E-state index < -0.39 is 0 Å². The van der Waals surface area contributed by atoms with Crippen molar-refractivity contribution < 1.29 is 0 Å². The third kappa shape index (κ3) is 1.91. The first-order valence-electron chi connectivity index (χ1n) is 5.59. The molecule has 1 saturated carbocycles. The summed E-state index contributed by atoms with van der Waals surface area (Å²) in [5, 5.41) is 7.99. The summed E-state index contributed by atoms with van der Waals surface area (Å²) in [4.78, 5) is 0. The fraction of sp³-hybridized carbons (Fsp3) is 0.727. The lowest BCUT2D eigenvalue weighted by atomic mass is 10.2. The van der Waals surface area contributed by atoms with E-state index in [0.29, 0.717) is 6.04 Å². The molecular formula is C11H19N3. The zero-order valence-electron chi connectivity index (χ0n) is 9.08. The lowest BCUT2D eigenvalue weighted by Crippen LogP contribution is -2.16. The quantitative estimate of drug-likeness (QED) is 0.798. The van der Waals surface area contributed by atoms with Gasteiger partial charge in [-0.3, -0.25) is 4.68 Å². The maximum Gasteiger partial charge on any atom is 0.124 e. The number of aryl methyl sites for hydroxylation is 2. The Morgan fingerprint density at radius 1 is 1.50 bits per heavy atom. The van der Waals surface area contributed by atoms with E-state index in [4.69, 9.17) is 0 Å². The molecule has 0 aliphatic heterocycles. The molecule has 0 spiro atoms. The molecule has 1 heterocycles. The van der Waals surface area contributed by atoms with Crippen LogP contribution in [-0.2, 0) is 13.5 Å². The van der Waals surface area contributed by atoms with Gasteiger partial charge in [0.1, 0.15) is 5.82 Å². The van der Waals surface area contributed by atoms with Crippen molar-refractivity contribution >= 4 is 5.82 Å². The van der Waals surface area contributed by atoms with Crippen molar-refractivity contribution in [2.24, 2.45) is 7.05 Å². The highest BCUT2D eigenvalue weighted by Gasteiger charge is 2.16. The molecule has 1 aromatic heterocycles. The first-order valence-corrected chi connectivity index (χ1v) is 5.59. The van der Waals surface area contributed by atoms with Crippen LogP contribution in [0.3, 0.4) is 0 Å². The van der Waals surface area contributed by atoms with Gasteiger partial charge < -0.3 is 5.32 Å². The topological polar surface area (TPSA) is 29.9 Å². The second-order valence-electron chi connectivity index (χ2n) is 4.12. The average molecular weight is 193 g/mol. The van der Waals surface area contributed by atoms with Crippen LogP contribution in [-0.4, -0.2) is 15.8 Å². The summed E-state index contributed by atoms with van der Waals surface area (Å²) in [7, 11) is 2.01. The lowest BCUT2D eigenvalue weighted by molar-refractivity contribution is 0.705. The van der Waals surface area contributed by atoms with Crippen molar-refractivity contribution in [3.63, 3.8) is 0 Å². The molecule has 0 saturated heterocycles. The van der Waals surface area contributed by atoms with Crippen LogP contribution < -0.4 is 5.32 Å². The Morgan fingerprint density at radius 2 is 2.21 bits per heavy atom. The van der Waals surface area contributed by atoms with Crippen LogP contribution in [0.5, 0.6) is 0 Å². The maximum absolute atomic E-state index is 4.43. The summed E-state index contributed by atoms with van der Waals surface area (Å²) >= 11 is 0. The zero-order chi connectivity index (χ0) is 9.97. The molecule has 1 fully saturated rings. The van der Waals surface area contributed by atoms with Crippen molar-refractivity contribution in [2.45, 2.75) is 45.1 Å². The van der Waals surface area contributed by atoms with Crippen molar-refractivity contribution in [3.8, 4) is 0 Å². The van der Waals surface area contributed by atoms with Gasteiger partial charge in [-0.05, 0) is 19.3 Å². The number of hydrogen-bond acceptors (Lipinski definition) is 2. The lowest BCUT2D eigenvalue weighted by Gasteiger charge is -2.12. The number of nitrogens with one attached hydrogen (secondary N) is 1. The molecular weight excluding hydrogens is 174 g/mol. The molecule has 14 heavy (non-hydrogen) atoms. The Balaban J connectivity index is 2.03. The van der Waals surface area contributed by atoms with Gasteiger partial charge in [0.05, 0.1) is 5.69 Å². The van der Waals surface area contributed by atoms with Gasteiger partial charge in [-0.15, -0.1) is 0 Å². The molecule has 3 heteroatoms. The Kier molecular flexibility index (Phi) is 2.75. The Labute approximate surface area is 85.5 Å². The van der Waals surface area contributed by atoms with Crippen molar-refractivity contribution in [3.05, 3.63) is 11.8 Å². The summed E-state index contributed by atoms with van der Waals surface area (Å²) < 4.78 is 1.96. The molecule has 3 nitrogen and oxygen atoms in total. The fourth-order valence-corrected chi connectivity index (χ4v) is 2.11. The molecule has 0 aromatic carbocycles. The second-order valence-corrected chi connectivity index (χ2v) is 4.12. The van der Waals surface area contributed by atoms with Crippen molar-refractivity contribution in [1.29, 1.82) is 0 Å². The molecule has 0 amide bonds. The van der Waals surface area contributed by atoms with Crippen LogP contribution >= 0.6 is 0 Å². The van der Waals surface area contributed by atoms with Crippen LogP contribution in [0.2, 0.25) is 0 Å². The third-order valence-electron chi connectivity index (χ3n) is 3.00. The highest BCUT2D eigenvalue weighted by Crippen LogP contribution is 2.22. The monoisotopic (exact) mass is 193 g/mol. The van der Waals surface area contributed by atoms with Gasteiger partial charge in [-0.1, -0.05) is 19.8 Å². The number of nitrogens with zero attached hydrogens (tertiary/aromatic N) is 2. The fourth-order valence-electron chi connectivity index (χ4n) is 2.11. The highest BCUT2D eigenvalue weighted by molar-refractivity contribution is 5.38. The van der Waals surface area contributed by atoms with Crippen molar-refractivity contribution in [2.75, 3.05) is 5.32 Å². The standard InChI is InChI=1S/C11H19N3/c1-3-9-8-11(14(2)13-9)12-10-6-4-5-7-10/h8,10,12H,3-7H2,1-2H3. The first kappa shape index (κ1) is 9.56. The van der Waals surface area contributed by atoms with E-state index in [1.807, 2.05) is 11.7 Å². The second kappa shape index (κ2) is 4.03. The summed E-state index contributed by atoms with van der Waals surface area (Å²) in [5.74, 6) is 1.17. The summed E-state index contributed by atoms with van der Waals surface area (Å²) in [6.45, 7) is 2.14. The number of anilines is 1. The predicted octanol–water partition coefficient (Wildman–Crippen LogP) is 2.34. The molecule has 2 rings (SSSR count). The number of aromatic nitrogens is 2. The van der Waals surface area contributed by atoms with Crippen LogP contribution in [0, 0.1) is 0 Å². The van der Waals surface area contributed by atoms with Gasteiger partial charge in [0.25, 0.3) is 0 Å². The first-order chi connectivity index (χ1) is 6.79. The molecule has 1 N–H and O–H groups in total. The molecule has 1 aliphatic rings. The molecule has 0 atom stereocenters. The van der Waals surface area contributed by atoms with Gasteiger partial charge >= 0.3 is 0 Å². The smallest absolute Gasteiger partial charge is 0.124 e. The van der Waals surface area contributed by atoms with E-state index in [0.717, 1.165) is 6.42 Å². The molecule has 0 radical (unpaired) electrons. The van der Waals surface area contributed by atoms with E-state index in [9.17, 15) is 0 Å². The number of hydrogen-bond donors (Lipinski definition) is 1. The highest BCUT2D eigenvalue weighted by atomic mass is 15.3. The molecule has 78 valence electrons. The minimum Gasteiger partial charge on any atom is -0.368 e. The minimum atomic E-state index is 0.676. The summed E-state index contributed by atoms with van der Waals surface area (Å²) in [6, 6.07) is 2.84. The van der Waals surface area contributed by atoms with Crippen LogP contribution in [0.4, 0.5) is 5.82 Å². The van der Waals surface area contributed by atoms with Gasteiger partial charge in [0.15, 0.2) is 0 Å². The maximum atomic E-state index is 4.43. The van der Waals surface area contributed by atoms with Gasteiger partial charge in [0.2, 0.25) is 0 Å². The van der Waals surface area contributed by atoms with E-state index in [-0.39, 0.29) is 0 Å². The number of rotatable bonds is 3. The summed E-state index contributed by atoms with van der Waals surface area (Å²) in [5.41, 5.74) is 1.17. The predicted molar refractivity (Wildman–Crippen MR) is 58.5 cm³/mol. The van der Waals surface area contributed by atoms with Gasteiger partial charge in [0, 0.05) is 19.2 Å². The molecule has 1 aromatic rings. The largest absolute Gasteiger partial charge is 0.368 e. The van der Waals surface area contributed by atoms with E-state index in [2.05, 4.69) is 23.4 Å². The average Bonchev–Trinajstić information content (AvgIpc) is 2.78. The van der Waals surface area contributed by atoms with E-state index in [1.165, 1.54) is 37.2 Å². The van der Waals surface area contributed by atoms with Gasteiger partial charge in [-0.25, -0.2) is 0 Å². The third-order valence-corrected chi connectivity index (χ3v) is 3.00. The zero-order valence-corrected chi connectivity index (χ0v) is 9.08. The van der Waals surface area contributed by atoms with Crippen molar-refractivity contribution in [1.82, 2.24) is 9.78 Å². The Morgan fingerprint density at radius 3 is 2.79 bits per heavy atom. The minimum absolute atomic E-state index is 0.676.